The molecule has 6 heteroatoms. The number of rotatable bonds is 9. The number of nitrogens with two attached hydrogens (primary N) is 1. The van der Waals surface area contributed by atoms with Crippen LogP contribution in [0.3, 0.4) is 0 Å². The maximum Gasteiger partial charge on any atom is 0.305 e. The highest BCUT2D eigenvalue weighted by Crippen LogP contribution is 2.36. The number of aliphatic carboxylic acids is 1. The third-order valence-electron chi connectivity index (χ3n) is 3.84. The van der Waals surface area contributed by atoms with Crippen LogP contribution in [0.4, 0.5) is 0 Å². The minimum Gasteiger partial charge on any atom is -0.481 e. The Kier molecular flexibility index (Phi) is 6.16. The summed E-state index contributed by atoms with van der Waals surface area (Å²) in [5.74, 6) is -0.667. The molecule has 1 fully saturated rings. The molecule has 0 heterocycles. The molecule has 0 bridgehead atoms. The van der Waals surface area contributed by atoms with Gasteiger partial charge in [-0.3, -0.25) is 9.59 Å². The molecule has 0 radical (unpaired) electrons. The van der Waals surface area contributed by atoms with Crippen LogP contribution in [0.2, 0.25) is 0 Å². The van der Waals surface area contributed by atoms with Crippen molar-refractivity contribution in [1.29, 1.82) is 0 Å². The number of ether oxygens (including phenoxy) is 1. The van der Waals surface area contributed by atoms with Gasteiger partial charge in [-0.2, -0.15) is 0 Å². The van der Waals surface area contributed by atoms with E-state index in [2.05, 4.69) is 33.0 Å². The second-order valence-corrected chi connectivity index (χ2v) is 6.74. The Bertz CT molecular complexity index is 370. The Hall–Kier alpha value is -1.14. The summed E-state index contributed by atoms with van der Waals surface area (Å²) in [6, 6.07) is -1.01. The molecule has 1 atom stereocenters. The highest BCUT2D eigenvalue weighted by Gasteiger charge is 2.45. The Morgan fingerprint density at radius 2 is 1.76 bits per heavy atom. The zero-order chi connectivity index (χ0) is 16.2. The van der Waals surface area contributed by atoms with Crippen LogP contribution in [0.5, 0.6) is 0 Å². The van der Waals surface area contributed by atoms with E-state index in [1.54, 1.807) is 0 Å². The molecular formula is C15H28N2O4. The molecule has 0 unspecified atom stereocenters. The van der Waals surface area contributed by atoms with Crippen molar-refractivity contribution in [3.63, 3.8) is 0 Å². The summed E-state index contributed by atoms with van der Waals surface area (Å²) in [4.78, 5) is 22.5. The number of nitrogens with one attached hydrogen (secondary N) is 1. The number of carboxylic acid groups (broad SMARTS) is 1. The molecule has 122 valence electrons. The molecule has 0 aromatic rings. The lowest BCUT2D eigenvalue weighted by atomic mass is 9.96. The Balaban J connectivity index is 2.48. The van der Waals surface area contributed by atoms with E-state index in [4.69, 9.17) is 15.6 Å². The van der Waals surface area contributed by atoms with Gasteiger partial charge in [-0.05, 0) is 24.7 Å². The largest absolute Gasteiger partial charge is 0.481 e. The van der Waals surface area contributed by atoms with Crippen LogP contribution in [0.1, 0.15) is 47.0 Å². The molecule has 6 nitrogen and oxygen atoms in total. The van der Waals surface area contributed by atoms with Gasteiger partial charge in [-0.25, -0.2) is 0 Å². The molecule has 0 aromatic heterocycles. The van der Waals surface area contributed by atoms with Gasteiger partial charge < -0.3 is 20.9 Å². The van der Waals surface area contributed by atoms with Gasteiger partial charge in [-0.15, -0.1) is 0 Å². The van der Waals surface area contributed by atoms with Gasteiger partial charge in [0.05, 0.1) is 30.7 Å². The average Bonchev–Trinajstić information content (AvgIpc) is 3.07. The third-order valence-corrected chi connectivity index (χ3v) is 3.84. The maximum absolute atomic E-state index is 11.9. The number of hydrogen-bond donors (Lipinski definition) is 3. The minimum absolute atomic E-state index is 0.145. The molecule has 21 heavy (non-hydrogen) atoms. The molecule has 0 aromatic carbocycles. The Morgan fingerprint density at radius 1 is 1.24 bits per heavy atom. The van der Waals surface area contributed by atoms with Crippen LogP contribution in [0.15, 0.2) is 0 Å². The molecule has 0 aliphatic heterocycles. The van der Waals surface area contributed by atoms with Crippen LogP contribution in [-0.2, 0) is 14.3 Å². The summed E-state index contributed by atoms with van der Waals surface area (Å²) in [6.45, 7) is 8.92. The molecule has 0 saturated heterocycles. The molecular weight excluding hydrogens is 272 g/mol. The molecule has 1 aliphatic carbocycles. The van der Waals surface area contributed by atoms with Crippen molar-refractivity contribution in [2.24, 2.45) is 17.6 Å². The molecule has 1 rings (SSSR count). The van der Waals surface area contributed by atoms with Gasteiger partial charge in [0.2, 0.25) is 5.91 Å². The summed E-state index contributed by atoms with van der Waals surface area (Å²) in [6.07, 6.45) is 1.48. The minimum atomic E-state index is -1.07. The van der Waals surface area contributed by atoms with E-state index in [1.807, 2.05) is 0 Å². The van der Waals surface area contributed by atoms with Crippen LogP contribution in [-0.4, -0.2) is 41.3 Å². The number of carbonyl (C=O) groups excluding carboxylic acids is 1. The van der Waals surface area contributed by atoms with Gasteiger partial charge in [0.25, 0.3) is 0 Å². The predicted molar refractivity (Wildman–Crippen MR) is 79.8 cm³/mol. The first-order valence-electron chi connectivity index (χ1n) is 7.58. The van der Waals surface area contributed by atoms with E-state index >= 15 is 0 Å². The van der Waals surface area contributed by atoms with Crippen molar-refractivity contribution in [1.82, 2.24) is 5.32 Å². The van der Waals surface area contributed by atoms with Gasteiger partial charge in [0.15, 0.2) is 0 Å². The summed E-state index contributed by atoms with van der Waals surface area (Å²) in [7, 11) is 0. The fraction of sp³-hybridized carbons (Fsp3) is 0.867. The zero-order valence-corrected chi connectivity index (χ0v) is 13.4. The van der Waals surface area contributed by atoms with E-state index in [0.717, 1.165) is 12.8 Å². The van der Waals surface area contributed by atoms with Crippen LogP contribution in [0, 0.1) is 11.8 Å². The SMILES string of the molecule is CC(C)C(OCC1(NC(=O)[C@@H](N)CC(=O)O)CC1)C(C)C. The zero-order valence-electron chi connectivity index (χ0n) is 13.4. The average molecular weight is 300 g/mol. The quantitative estimate of drug-likeness (QED) is 0.592. The van der Waals surface area contributed by atoms with Crippen molar-refractivity contribution in [2.45, 2.75) is 64.6 Å². The standard InChI is InChI=1S/C15H28N2O4/c1-9(2)13(10(3)4)21-8-15(5-6-15)17-14(20)11(16)7-12(18)19/h9-11,13H,5-8,16H2,1-4H3,(H,17,20)(H,18,19)/t11-/m0/s1. The molecule has 4 N–H and O–H groups in total. The Labute approximate surface area is 126 Å². The van der Waals surface area contributed by atoms with Crippen molar-refractivity contribution in [3.8, 4) is 0 Å². The number of hydrogen-bond acceptors (Lipinski definition) is 4. The lowest BCUT2D eigenvalue weighted by Gasteiger charge is -2.28. The molecule has 1 amide bonds. The van der Waals surface area contributed by atoms with E-state index in [0.29, 0.717) is 18.4 Å². The van der Waals surface area contributed by atoms with E-state index in [1.165, 1.54) is 0 Å². The highest BCUT2D eigenvalue weighted by molar-refractivity contribution is 5.86. The fourth-order valence-corrected chi connectivity index (χ4v) is 2.50. The van der Waals surface area contributed by atoms with Crippen LogP contribution < -0.4 is 11.1 Å². The highest BCUT2D eigenvalue weighted by atomic mass is 16.5. The molecule has 1 aliphatic rings. The first-order chi connectivity index (χ1) is 9.67. The predicted octanol–water partition coefficient (Wildman–Crippen LogP) is 1.13. The fourth-order valence-electron chi connectivity index (χ4n) is 2.50. The first-order valence-corrected chi connectivity index (χ1v) is 7.58. The van der Waals surface area contributed by atoms with Gasteiger partial charge in [-0.1, -0.05) is 27.7 Å². The van der Waals surface area contributed by atoms with E-state index < -0.39 is 17.9 Å². The van der Waals surface area contributed by atoms with Crippen molar-refractivity contribution in [3.05, 3.63) is 0 Å². The van der Waals surface area contributed by atoms with Crippen LogP contribution in [0.25, 0.3) is 0 Å². The van der Waals surface area contributed by atoms with E-state index in [9.17, 15) is 9.59 Å². The summed E-state index contributed by atoms with van der Waals surface area (Å²) in [5.41, 5.74) is 5.22. The smallest absolute Gasteiger partial charge is 0.305 e. The van der Waals surface area contributed by atoms with Crippen molar-refractivity contribution >= 4 is 11.9 Å². The van der Waals surface area contributed by atoms with Gasteiger partial charge in [0.1, 0.15) is 0 Å². The lowest BCUT2D eigenvalue weighted by molar-refractivity contribution is -0.139. The third kappa shape index (κ3) is 5.63. The number of carbonyl (C=O) groups is 2. The second-order valence-electron chi connectivity index (χ2n) is 6.74. The molecule has 1 saturated carbocycles. The summed E-state index contributed by atoms with van der Waals surface area (Å²) < 4.78 is 5.98. The Morgan fingerprint density at radius 3 is 2.14 bits per heavy atom. The topological polar surface area (TPSA) is 102 Å². The second kappa shape index (κ2) is 7.22. The van der Waals surface area contributed by atoms with Crippen LogP contribution >= 0.6 is 0 Å². The maximum atomic E-state index is 11.9. The van der Waals surface area contributed by atoms with Crippen molar-refractivity contribution in [2.75, 3.05) is 6.61 Å². The monoisotopic (exact) mass is 300 g/mol. The number of amides is 1. The lowest BCUT2D eigenvalue weighted by Crippen LogP contribution is -2.49. The summed E-state index contributed by atoms with van der Waals surface area (Å²) in [5, 5.41) is 11.5. The molecule has 0 spiro atoms. The van der Waals surface area contributed by atoms with E-state index in [-0.39, 0.29) is 18.1 Å². The first kappa shape index (κ1) is 17.9. The van der Waals surface area contributed by atoms with Gasteiger partial charge >= 0.3 is 5.97 Å². The van der Waals surface area contributed by atoms with Crippen molar-refractivity contribution < 1.29 is 19.4 Å². The van der Waals surface area contributed by atoms with Gasteiger partial charge in [0, 0.05) is 0 Å². The number of carboxylic acids is 1. The summed E-state index contributed by atoms with van der Waals surface area (Å²) >= 11 is 0. The normalized spacial score (nSPS) is 18.1.